The highest BCUT2D eigenvalue weighted by molar-refractivity contribution is 7.91. The van der Waals surface area contributed by atoms with E-state index in [-0.39, 0.29) is 5.25 Å². The van der Waals surface area contributed by atoms with Gasteiger partial charge in [0, 0.05) is 6.26 Å². The van der Waals surface area contributed by atoms with Gasteiger partial charge < -0.3 is 5.32 Å². The van der Waals surface area contributed by atoms with Gasteiger partial charge in [0.25, 0.3) is 0 Å². The monoisotopic (exact) mass is 205 g/mol. The summed E-state index contributed by atoms with van der Waals surface area (Å²) in [6.45, 7) is 3.90. The number of nitrogens with one attached hydrogen (secondary N) is 1. The molecule has 4 heteroatoms. The first kappa shape index (κ1) is 11.0. The molecule has 0 aromatic rings. The SMILES string of the molecule is CCC(C1CCNCC1)S(C)(=O)=O. The third-order valence-corrected chi connectivity index (χ3v) is 4.68. The fourth-order valence-corrected chi connectivity index (χ4v) is 3.78. The second-order valence-corrected chi connectivity index (χ2v) is 6.13. The molecule has 78 valence electrons. The van der Waals surface area contributed by atoms with E-state index in [9.17, 15) is 8.42 Å². The maximum absolute atomic E-state index is 11.4. The van der Waals surface area contributed by atoms with Crippen molar-refractivity contribution >= 4 is 9.84 Å². The zero-order valence-corrected chi connectivity index (χ0v) is 9.23. The van der Waals surface area contributed by atoms with E-state index in [0.29, 0.717) is 5.92 Å². The summed E-state index contributed by atoms with van der Waals surface area (Å²) in [6.07, 6.45) is 4.13. The topological polar surface area (TPSA) is 46.2 Å². The van der Waals surface area contributed by atoms with Gasteiger partial charge in [-0.1, -0.05) is 6.92 Å². The van der Waals surface area contributed by atoms with Gasteiger partial charge in [0.05, 0.1) is 5.25 Å². The summed E-state index contributed by atoms with van der Waals surface area (Å²) < 4.78 is 22.9. The molecule has 1 N–H and O–H groups in total. The molecule has 1 heterocycles. The van der Waals surface area contributed by atoms with Crippen LogP contribution in [0.15, 0.2) is 0 Å². The largest absolute Gasteiger partial charge is 0.317 e. The lowest BCUT2D eigenvalue weighted by atomic mass is 9.93. The van der Waals surface area contributed by atoms with Crippen LogP contribution in [0.25, 0.3) is 0 Å². The summed E-state index contributed by atoms with van der Waals surface area (Å²) in [5, 5.41) is 3.13. The molecule has 0 aromatic carbocycles. The molecule has 1 atom stereocenters. The fraction of sp³-hybridized carbons (Fsp3) is 1.00. The van der Waals surface area contributed by atoms with Crippen LogP contribution in [-0.4, -0.2) is 33.0 Å². The summed E-state index contributed by atoms with van der Waals surface area (Å²) in [6, 6.07) is 0. The van der Waals surface area contributed by atoms with E-state index in [4.69, 9.17) is 0 Å². The van der Waals surface area contributed by atoms with Crippen LogP contribution in [0.2, 0.25) is 0 Å². The summed E-state index contributed by atoms with van der Waals surface area (Å²) in [5.74, 6) is 0.376. The lowest BCUT2D eigenvalue weighted by Crippen LogP contribution is -2.37. The van der Waals surface area contributed by atoms with Gasteiger partial charge in [0.15, 0.2) is 9.84 Å². The average Bonchev–Trinajstić information content (AvgIpc) is 2.05. The second kappa shape index (κ2) is 4.42. The Morgan fingerprint density at radius 1 is 1.38 bits per heavy atom. The molecule has 1 saturated heterocycles. The Morgan fingerprint density at radius 2 is 1.92 bits per heavy atom. The van der Waals surface area contributed by atoms with Crippen LogP contribution >= 0.6 is 0 Å². The molecule has 0 aliphatic carbocycles. The van der Waals surface area contributed by atoms with Crippen molar-refractivity contribution in [3.8, 4) is 0 Å². The van der Waals surface area contributed by atoms with Crippen LogP contribution in [0.5, 0.6) is 0 Å². The molecule has 0 spiro atoms. The Bertz CT molecular complexity index is 242. The van der Waals surface area contributed by atoms with Crippen molar-refractivity contribution in [3.05, 3.63) is 0 Å². The molecule has 1 rings (SSSR count). The quantitative estimate of drug-likeness (QED) is 0.741. The van der Waals surface area contributed by atoms with Crippen molar-refractivity contribution in [2.45, 2.75) is 31.4 Å². The summed E-state index contributed by atoms with van der Waals surface area (Å²) in [5.41, 5.74) is 0. The minimum Gasteiger partial charge on any atom is -0.317 e. The molecular formula is C9H19NO2S. The van der Waals surface area contributed by atoms with Crippen LogP contribution < -0.4 is 5.32 Å². The number of sulfone groups is 1. The molecule has 0 radical (unpaired) electrons. The van der Waals surface area contributed by atoms with Gasteiger partial charge in [-0.05, 0) is 38.3 Å². The van der Waals surface area contributed by atoms with Crippen molar-refractivity contribution in [3.63, 3.8) is 0 Å². The zero-order chi connectivity index (χ0) is 9.90. The zero-order valence-electron chi connectivity index (χ0n) is 8.41. The maximum Gasteiger partial charge on any atom is 0.150 e. The molecule has 1 aliphatic heterocycles. The number of hydrogen-bond acceptors (Lipinski definition) is 3. The van der Waals surface area contributed by atoms with Crippen LogP contribution in [0.4, 0.5) is 0 Å². The molecule has 0 bridgehead atoms. The van der Waals surface area contributed by atoms with E-state index in [2.05, 4.69) is 5.32 Å². The Labute approximate surface area is 80.8 Å². The van der Waals surface area contributed by atoms with Gasteiger partial charge in [-0.3, -0.25) is 0 Å². The van der Waals surface area contributed by atoms with Crippen molar-refractivity contribution in [2.24, 2.45) is 5.92 Å². The van der Waals surface area contributed by atoms with Crippen molar-refractivity contribution in [2.75, 3.05) is 19.3 Å². The lowest BCUT2D eigenvalue weighted by molar-refractivity contribution is 0.351. The van der Waals surface area contributed by atoms with Gasteiger partial charge in [-0.15, -0.1) is 0 Å². The van der Waals surface area contributed by atoms with Crippen LogP contribution in [0, 0.1) is 5.92 Å². The van der Waals surface area contributed by atoms with Gasteiger partial charge >= 0.3 is 0 Å². The smallest absolute Gasteiger partial charge is 0.150 e. The van der Waals surface area contributed by atoms with Gasteiger partial charge in [-0.2, -0.15) is 0 Å². The lowest BCUT2D eigenvalue weighted by Gasteiger charge is -2.28. The van der Waals surface area contributed by atoms with E-state index >= 15 is 0 Å². The molecule has 3 nitrogen and oxygen atoms in total. The summed E-state index contributed by atoms with van der Waals surface area (Å²) >= 11 is 0. The Hall–Kier alpha value is -0.0900. The van der Waals surface area contributed by atoms with Crippen molar-refractivity contribution in [1.29, 1.82) is 0 Å². The van der Waals surface area contributed by atoms with Gasteiger partial charge in [-0.25, -0.2) is 8.42 Å². The minimum atomic E-state index is -2.84. The first-order chi connectivity index (χ1) is 6.05. The van der Waals surface area contributed by atoms with Gasteiger partial charge in [0.2, 0.25) is 0 Å². The first-order valence-electron chi connectivity index (χ1n) is 4.95. The van der Waals surface area contributed by atoms with E-state index < -0.39 is 9.84 Å². The molecular weight excluding hydrogens is 186 g/mol. The molecule has 0 saturated carbocycles. The van der Waals surface area contributed by atoms with E-state index in [1.165, 1.54) is 6.26 Å². The Kier molecular flexibility index (Phi) is 3.74. The van der Waals surface area contributed by atoms with E-state index in [1.54, 1.807) is 0 Å². The van der Waals surface area contributed by atoms with E-state index in [1.807, 2.05) is 6.92 Å². The standard InChI is InChI=1S/C9H19NO2S/c1-3-9(13(2,11)12)8-4-6-10-7-5-8/h8-10H,3-7H2,1-2H3. The third kappa shape index (κ3) is 2.95. The second-order valence-electron chi connectivity index (χ2n) is 3.86. The molecule has 13 heavy (non-hydrogen) atoms. The summed E-state index contributed by atoms with van der Waals surface area (Å²) in [4.78, 5) is 0. The molecule has 1 fully saturated rings. The highest BCUT2D eigenvalue weighted by Crippen LogP contribution is 2.23. The number of hydrogen-bond donors (Lipinski definition) is 1. The Morgan fingerprint density at radius 3 is 2.31 bits per heavy atom. The predicted octanol–water partition coefficient (Wildman–Crippen LogP) is 0.809. The van der Waals surface area contributed by atoms with Gasteiger partial charge in [0.1, 0.15) is 0 Å². The van der Waals surface area contributed by atoms with Crippen molar-refractivity contribution < 1.29 is 8.42 Å². The number of piperidine rings is 1. The van der Waals surface area contributed by atoms with Crippen LogP contribution in [0.3, 0.4) is 0 Å². The Balaban J connectivity index is 2.65. The van der Waals surface area contributed by atoms with Crippen LogP contribution in [-0.2, 0) is 9.84 Å². The maximum atomic E-state index is 11.4. The summed E-state index contributed by atoms with van der Waals surface area (Å²) in [7, 11) is -2.84. The predicted molar refractivity (Wildman–Crippen MR) is 54.5 cm³/mol. The molecule has 0 aromatic heterocycles. The normalized spacial score (nSPS) is 22.9. The minimum absolute atomic E-state index is 0.116. The molecule has 1 unspecified atom stereocenters. The van der Waals surface area contributed by atoms with E-state index in [0.717, 1.165) is 32.4 Å². The average molecular weight is 205 g/mol. The highest BCUT2D eigenvalue weighted by atomic mass is 32.2. The van der Waals surface area contributed by atoms with Crippen molar-refractivity contribution in [1.82, 2.24) is 5.32 Å². The third-order valence-electron chi connectivity index (χ3n) is 2.86. The molecule has 1 aliphatic rings. The highest BCUT2D eigenvalue weighted by Gasteiger charge is 2.29. The first-order valence-corrected chi connectivity index (χ1v) is 6.90. The molecule has 0 amide bonds. The van der Waals surface area contributed by atoms with Crippen LogP contribution in [0.1, 0.15) is 26.2 Å². The number of rotatable bonds is 3. The fourth-order valence-electron chi connectivity index (χ4n) is 2.20.